The number of fused-ring (bicyclic) bond motifs is 1. The number of rotatable bonds is 2. The zero-order valence-electron chi connectivity index (χ0n) is 12.2. The molecule has 0 fully saturated rings. The van der Waals surface area contributed by atoms with Crippen LogP contribution in [0.4, 0.5) is 11.4 Å². The van der Waals surface area contributed by atoms with E-state index in [-0.39, 0.29) is 12.5 Å². The van der Waals surface area contributed by atoms with Crippen LogP contribution in [0.3, 0.4) is 0 Å². The minimum atomic E-state index is -0.0456. The molecule has 2 N–H and O–H groups in total. The van der Waals surface area contributed by atoms with E-state index in [0.29, 0.717) is 18.0 Å². The largest absolute Gasteiger partial charge is 0.482 e. The number of hydrogen-bond acceptors (Lipinski definition) is 3. The summed E-state index contributed by atoms with van der Waals surface area (Å²) in [6.45, 7) is 4.74. The fourth-order valence-corrected chi connectivity index (χ4v) is 2.65. The second kappa shape index (κ2) is 5.13. The molecule has 1 heterocycles. The van der Waals surface area contributed by atoms with Gasteiger partial charge in [-0.05, 0) is 48.7 Å². The number of anilines is 2. The first-order chi connectivity index (χ1) is 10.1. The number of benzene rings is 2. The van der Waals surface area contributed by atoms with Gasteiger partial charge in [-0.3, -0.25) is 4.79 Å². The SMILES string of the molecule is Cc1cccc(C)c1CN1C(=O)COc2ccc(N)cc21. The van der Waals surface area contributed by atoms with Crippen molar-refractivity contribution >= 4 is 17.3 Å². The number of aryl methyl sites for hydroxylation is 2. The van der Waals surface area contributed by atoms with Crippen LogP contribution in [0.15, 0.2) is 36.4 Å². The minimum Gasteiger partial charge on any atom is -0.482 e. The summed E-state index contributed by atoms with van der Waals surface area (Å²) >= 11 is 0. The minimum absolute atomic E-state index is 0.0456. The Bertz CT molecular complexity index is 690. The van der Waals surface area contributed by atoms with E-state index >= 15 is 0 Å². The second-order valence-electron chi connectivity index (χ2n) is 5.37. The van der Waals surface area contributed by atoms with Crippen LogP contribution >= 0.6 is 0 Å². The first-order valence-corrected chi connectivity index (χ1v) is 6.94. The summed E-state index contributed by atoms with van der Waals surface area (Å²) in [4.78, 5) is 14.0. The Morgan fingerprint density at radius 2 is 1.90 bits per heavy atom. The van der Waals surface area contributed by atoms with Gasteiger partial charge in [-0.1, -0.05) is 18.2 Å². The number of nitrogens with zero attached hydrogens (tertiary/aromatic N) is 1. The third-order valence-corrected chi connectivity index (χ3v) is 3.89. The van der Waals surface area contributed by atoms with Gasteiger partial charge in [0.1, 0.15) is 5.75 Å². The van der Waals surface area contributed by atoms with Crippen LogP contribution in [0.2, 0.25) is 0 Å². The van der Waals surface area contributed by atoms with Crippen molar-refractivity contribution in [3.05, 3.63) is 53.1 Å². The third kappa shape index (κ3) is 2.44. The molecule has 21 heavy (non-hydrogen) atoms. The number of ether oxygens (including phenoxy) is 1. The highest BCUT2D eigenvalue weighted by molar-refractivity contribution is 5.98. The summed E-state index contributed by atoms with van der Waals surface area (Å²) in [5.74, 6) is 0.658. The van der Waals surface area contributed by atoms with Crippen LogP contribution in [0.25, 0.3) is 0 Å². The summed E-state index contributed by atoms with van der Waals surface area (Å²) in [6.07, 6.45) is 0. The van der Waals surface area contributed by atoms with E-state index in [9.17, 15) is 4.79 Å². The number of nitrogens with two attached hydrogens (primary N) is 1. The molecule has 4 heteroatoms. The lowest BCUT2D eigenvalue weighted by molar-refractivity contribution is -0.121. The van der Waals surface area contributed by atoms with Gasteiger partial charge in [-0.25, -0.2) is 0 Å². The Kier molecular flexibility index (Phi) is 3.29. The zero-order chi connectivity index (χ0) is 15.0. The van der Waals surface area contributed by atoms with Gasteiger partial charge in [0.2, 0.25) is 0 Å². The van der Waals surface area contributed by atoms with Crippen LogP contribution in [0, 0.1) is 13.8 Å². The van der Waals surface area contributed by atoms with Gasteiger partial charge in [0.05, 0.1) is 12.2 Å². The molecule has 0 atom stereocenters. The molecule has 4 nitrogen and oxygen atoms in total. The number of nitrogen functional groups attached to an aromatic ring is 1. The molecule has 0 spiro atoms. The van der Waals surface area contributed by atoms with E-state index in [1.807, 2.05) is 12.1 Å². The zero-order valence-corrected chi connectivity index (χ0v) is 12.2. The van der Waals surface area contributed by atoms with Gasteiger partial charge in [0.25, 0.3) is 5.91 Å². The molecular weight excluding hydrogens is 264 g/mol. The van der Waals surface area contributed by atoms with Crippen molar-refractivity contribution in [1.82, 2.24) is 0 Å². The van der Waals surface area contributed by atoms with E-state index in [4.69, 9.17) is 10.5 Å². The highest BCUT2D eigenvalue weighted by atomic mass is 16.5. The van der Waals surface area contributed by atoms with E-state index in [0.717, 1.165) is 5.69 Å². The summed E-state index contributed by atoms with van der Waals surface area (Å²) in [6, 6.07) is 11.5. The van der Waals surface area contributed by atoms with Gasteiger partial charge in [0, 0.05) is 5.69 Å². The van der Waals surface area contributed by atoms with Crippen LogP contribution in [0.5, 0.6) is 5.75 Å². The fourth-order valence-electron chi connectivity index (χ4n) is 2.65. The molecule has 0 aliphatic carbocycles. The lowest BCUT2D eigenvalue weighted by Crippen LogP contribution is -2.38. The first kappa shape index (κ1) is 13.5. The first-order valence-electron chi connectivity index (χ1n) is 6.94. The van der Waals surface area contributed by atoms with Crippen LogP contribution in [0.1, 0.15) is 16.7 Å². The van der Waals surface area contributed by atoms with E-state index in [1.54, 1.807) is 17.0 Å². The molecule has 0 bridgehead atoms. The molecule has 2 aromatic carbocycles. The highest BCUT2D eigenvalue weighted by Crippen LogP contribution is 2.35. The lowest BCUT2D eigenvalue weighted by atomic mass is 10.0. The lowest BCUT2D eigenvalue weighted by Gasteiger charge is -2.30. The summed E-state index contributed by atoms with van der Waals surface area (Å²) in [5, 5.41) is 0. The Morgan fingerprint density at radius 3 is 2.62 bits per heavy atom. The van der Waals surface area contributed by atoms with Crippen LogP contribution < -0.4 is 15.4 Å². The Labute approximate surface area is 124 Å². The fraction of sp³-hybridized carbons (Fsp3) is 0.235. The maximum Gasteiger partial charge on any atom is 0.265 e. The Morgan fingerprint density at radius 1 is 1.19 bits per heavy atom. The van der Waals surface area contributed by atoms with Crippen LogP contribution in [-0.4, -0.2) is 12.5 Å². The summed E-state index contributed by atoms with van der Waals surface area (Å²) < 4.78 is 5.47. The molecule has 1 amide bonds. The number of carbonyl (C=O) groups excluding carboxylic acids is 1. The molecule has 0 saturated heterocycles. The van der Waals surface area contributed by atoms with Crippen molar-refractivity contribution in [1.29, 1.82) is 0 Å². The average Bonchev–Trinajstić information content (AvgIpc) is 2.45. The van der Waals surface area contributed by atoms with Crippen molar-refractivity contribution in [3.63, 3.8) is 0 Å². The van der Waals surface area contributed by atoms with Crippen molar-refractivity contribution in [2.75, 3.05) is 17.2 Å². The van der Waals surface area contributed by atoms with Gasteiger partial charge in [0.15, 0.2) is 6.61 Å². The molecule has 3 rings (SSSR count). The molecule has 2 aromatic rings. The van der Waals surface area contributed by atoms with Crippen molar-refractivity contribution in [2.24, 2.45) is 0 Å². The monoisotopic (exact) mass is 282 g/mol. The standard InChI is InChI=1S/C17H18N2O2/c1-11-4-3-5-12(2)14(11)9-19-15-8-13(18)6-7-16(15)21-10-17(19)20/h3-8H,9-10,18H2,1-2H3. The Balaban J connectivity index is 2.03. The van der Waals surface area contributed by atoms with Gasteiger partial charge in [-0.2, -0.15) is 0 Å². The second-order valence-corrected chi connectivity index (χ2v) is 5.37. The number of amides is 1. The van der Waals surface area contributed by atoms with Crippen molar-refractivity contribution in [3.8, 4) is 5.75 Å². The van der Waals surface area contributed by atoms with E-state index in [1.165, 1.54) is 16.7 Å². The maximum absolute atomic E-state index is 12.3. The van der Waals surface area contributed by atoms with Gasteiger partial charge < -0.3 is 15.4 Å². The maximum atomic E-state index is 12.3. The average molecular weight is 282 g/mol. The van der Waals surface area contributed by atoms with Gasteiger partial charge in [-0.15, -0.1) is 0 Å². The Hall–Kier alpha value is -2.49. The predicted molar refractivity (Wildman–Crippen MR) is 83.5 cm³/mol. The predicted octanol–water partition coefficient (Wildman–Crippen LogP) is 2.81. The molecule has 0 unspecified atom stereocenters. The van der Waals surface area contributed by atoms with E-state index < -0.39 is 0 Å². The molecule has 0 aromatic heterocycles. The molecule has 1 aliphatic rings. The quantitative estimate of drug-likeness (QED) is 0.862. The normalized spacial score (nSPS) is 13.8. The molecule has 108 valence electrons. The van der Waals surface area contributed by atoms with Crippen molar-refractivity contribution < 1.29 is 9.53 Å². The number of hydrogen-bond donors (Lipinski definition) is 1. The molecular formula is C17H18N2O2. The summed E-state index contributed by atoms with van der Waals surface area (Å²) in [5.41, 5.74) is 10.7. The highest BCUT2D eigenvalue weighted by Gasteiger charge is 2.26. The molecule has 0 saturated carbocycles. The van der Waals surface area contributed by atoms with Gasteiger partial charge >= 0.3 is 0 Å². The van der Waals surface area contributed by atoms with Crippen molar-refractivity contribution in [2.45, 2.75) is 20.4 Å². The smallest absolute Gasteiger partial charge is 0.265 e. The molecule has 1 aliphatic heterocycles. The van der Waals surface area contributed by atoms with E-state index in [2.05, 4.69) is 26.0 Å². The number of carbonyl (C=O) groups is 1. The third-order valence-electron chi connectivity index (χ3n) is 3.89. The topological polar surface area (TPSA) is 55.6 Å². The van der Waals surface area contributed by atoms with Crippen LogP contribution in [-0.2, 0) is 11.3 Å². The summed E-state index contributed by atoms with van der Waals surface area (Å²) in [7, 11) is 0. The molecule has 0 radical (unpaired) electrons.